The first-order chi connectivity index (χ1) is 14.0. The van der Waals surface area contributed by atoms with Crippen molar-refractivity contribution in [2.24, 2.45) is 0 Å². The fraction of sp³-hybridized carbons (Fsp3) is 0.227. The SMILES string of the molecule is Cc1ccc(CNC(=O)CSC2=C(C#N)[C@H](c3ccc(Cl)cc3)CC(=O)N2)cc1. The molecule has 0 fully saturated rings. The molecule has 5 nitrogen and oxygen atoms in total. The molecule has 1 aliphatic heterocycles. The Labute approximate surface area is 179 Å². The minimum absolute atomic E-state index is 0.111. The second-order valence-corrected chi connectivity index (χ2v) is 8.18. The van der Waals surface area contributed by atoms with Gasteiger partial charge in [-0.1, -0.05) is 65.3 Å². The lowest BCUT2D eigenvalue weighted by atomic mass is 9.87. The molecule has 0 unspecified atom stereocenters. The van der Waals surface area contributed by atoms with Crippen molar-refractivity contribution in [3.8, 4) is 6.07 Å². The second-order valence-electron chi connectivity index (χ2n) is 6.76. The molecule has 2 aromatic rings. The Bertz CT molecular complexity index is 979. The Balaban J connectivity index is 1.66. The zero-order valence-electron chi connectivity index (χ0n) is 15.9. The van der Waals surface area contributed by atoms with Gasteiger partial charge in [-0.15, -0.1) is 0 Å². The molecule has 2 N–H and O–H groups in total. The van der Waals surface area contributed by atoms with E-state index in [0.29, 0.717) is 22.2 Å². The zero-order valence-corrected chi connectivity index (χ0v) is 17.4. The van der Waals surface area contributed by atoms with Crippen molar-refractivity contribution in [1.82, 2.24) is 10.6 Å². The van der Waals surface area contributed by atoms with E-state index in [4.69, 9.17) is 11.6 Å². The van der Waals surface area contributed by atoms with Crippen molar-refractivity contribution in [1.29, 1.82) is 5.26 Å². The third-order valence-electron chi connectivity index (χ3n) is 4.59. The second kappa shape index (κ2) is 9.64. The third kappa shape index (κ3) is 5.63. The summed E-state index contributed by atoms with van der Waals surface area (Å²) >= 11 is 7.11. The van der Waals surface area contributed by atoms with Crippen molar-refractivity contribution in [3.63, 3.8) is 0 Å². The van der Waals surface area contributed by atoms with Gasteiger partial charge in [0.2, 0.25) is 11.8 Å². The summed E-state index contributed by atoms with van der Waals surface area (Å²) in [5.74, 6) is -0.570. The molecule has 3 rings (SSSR count). The molecule has 2 aromatic carbocycles. The van der Waals surface area contributed by atoms with Gasteiger partial charge in [0.15, 0.2) is 0 Å². The van der Waals surface area contributed by atoms with E-state index in [1.165, 1.54) is 11.8 Å². The summed E-state index contributed by atoms with van der Waals surface area (Å²) in [6.07, 6.45) is 0.189. The van der Waals surface area contributed by atoms with Crippen LogP contribution in [0.2, 0.25) is 5.02 Å². The highest BCUT2D eigenvalue weighted by Gasteiger charge is 2.29. The van der Waals surface area contributed by atoms with E-state index in [0.717, 1.165) is 16.7 Å². The first-order valence-electron chi connectivity index (χ1n) is 9.11. The van der Waals surface area contributed by atoms with Crippen LogP contribution < -0.4 is 10.6 Å². The summed E-state index contributed by atoms with van der Waals surface area (Å²) in [6, 6.07) is 17.2. The quantitative estimate of drug-likeness (QED) is 0.731. The van der Waals surface area contributed by atoms with Crippen LogP contribution in [0, 0.1) is 18.3 Å². The molecule has 0 aromatic heterocycles. The summed E-state index contributed by atoms with van der Waals surface area (Å²) in [5.41, 5.74) is 3.49. The highest BCUT2D eigenvalue weighted by molar-refractivity contribution is 8.03. The maximum Gasteiger partial charge on any atom is 0.230 e. The van der Waals surface area contributed by atoms with E-state index >= 15 is 0 Å². The van der Waals surface area contributed by atoms with Crippen molar-refractivity contribution in [2.45, 2.75) is 25.8 Å². The van der Waals surface area contributed by atoms with E-state index in [2.05, 4.69) is 16.7 Å². The van der Waals surface area contributed by atoms with Gasteiger partial charge in [0.05, 0.1) is 22.4 Å². The fourth-order valence-electron chi connectivity index (χ4n) is 3.01. The third-order valence-corrected chi connectivity index (χ3v) is 5.86. The number of benzene rings is 2. The predicted molar refractivity (Wildman–Crippen MR) is 115 cm³/mol. The first kappa shape index (κ1) is 21.0. The van der Waals surface area contributed by atoms with Crippen molar-refractivity contribution in [2.75, 3.05) is 5.75 Å². The average molecular weight is 426 g/mol. The summed E-state index contributed by atoms with van der Waals surface area (Å²) in [6.45, 7) is 2.44. The number of allylic oxidation sites excluding steroid dienone is 1. The molecule has 0 saturated carbocycles. The normalized spacial score (nSPS) is 16.2. The van der Waals surface area contributed by atoms with E-state index in [1.54, 1.807) is 12.1 Å². The summed E-state index contributed by atoms with van der Waals surface area (Å²) < 4.78 is 0. The van der Waals surface area contributed by atoms with Gasteiger partial charge in [-0.2, -0.15) is 5.26 Å². The van der Waals surface area contributed by atoms with E-state index < -0.39 is 0 Å². The lowest BCUT2D eigenvalue weighted by Crippen LogP contribution is -2.32. The van der Waals surface area contributed by atoms with Crippen LogP contribution in [0.15, 0.2) is 59.1 Å². The summed E-state index contributed by atoms with van der Waals surface area (Å²) in [7, 11) is 0. The van der Waals surface area contributed by atoms with Crippen LogP contribution >= 0.6 is 23.4 Å². The molecular formula is C22H20ClN3O2S. The Kier molecular flexibility index (Phi) is 6.97. The van der Waals surface area contributed by atoms with Crippen LogP contribution in [0.5, 0.6) is 0 Å². The van der Waals surface area contributed by atoms with Crippen LogP contribution in [-0.4, -0.2) is 17.6 Å². The first-order valence-corrected chi connectivity index (χ1v) is 10.5. The molecule has 7 heteroatoms. The lowest BCUT2D eigenvalue weighted by Gasteiger charge is -2.25. The van der Waals surface area contributed by atoms with Gasteiger partial charge in [-0.25, -0.2) is 0 Å². The van der Waals surface area contributed by atoms with Crippen molar-refractivity contribution >= 4 is 35.2 Å². The van der Waals surface area contributed by atoms with Crippen molar-refractivity contribution in [3.05, 3.63) is 80.8 Å². The molecule has 1 heterocycles. The molecule has 0 radical (unpaired) electrons. The van der Waals surface area contributed by atoms with Gasteiger partial charge in [0.1, 0.15) is 0 Å². The molecule has 2 amide bonds. The minimum atomic E-state index is -0.343. The highest BCUT2D eigenvalue weighted by Crippen LogP contribution is 2.36. The minimum Gasteiger partial charge on any atom is -0.351 e. The smallest absolute Gasteiger partial charge is 0.230 e. The lowest BCUT2D eigenvalue weighted by molar-refractivity contribution is -0.121. The van der Waals surface area contributed by atoms with E-state index in [1.807, 2.05) is 43.3 Å². The maximum absolute atomic E-state index is 12.2. The Morgan fingerprint density at radius 3 is 2.59 bits per heavy atom. The van der Waals surface area contributed by atoms with E-state index in [9.17, 15) is 14.9 Å². The summed E-state index contributed by atoms with van der Waals surface area (Å²) in [4.78, 5) is 24.4. The molecular weight excluding hydrogens is 406 g/mol. The molecule has 0 saturated heterocycles. The molecule has 1 aliphatic rings. The monoisotopic (exact) mass is 425 g/mol. The number of rotatable bonds is 6. The zero-order chi connectivity index (χ0) is 20.8. The molecule has 148 valence electrons. The number of halogens is 1. The number of amides is 2. The van der Waals surface area contributed by atoms with Gasteiger partial charge in [0, 0.05) is 23.9 Å². The largest absolute Gasteiger partial charge is 0.351 e. The Morgan fingerprint density at radius 1 is 1.24 bits per heavy atom. The number of aryl methyl sites for hydroxylation is 1. The number of hydrogen-bond donors (Lipinski definition) is 2. The maximum atomic E-state index is 12.2. The fourth-order valence-corrected chi connectivity index (χ4v) is 4.04. The van der Waals surface area contributed by atoms with Crippen LogP contribution in [0.4, 0.5) is 0 Å². The van der Waals surface area contributed by atoms with Crippen LogP contribution in [-0.2, 0) is 16.1 Å². The van der Waals surface area contributed by atoms with Gasteiger partial charge in [-0.3, -0.25) is 9.59 Å². The molecule has 29 heavy (non-hydrogen) atoms. The Morgan fingerprint density at radius 2 is 1.93 bits per heavy atom. The van der Waals surface area contributed by atoms with Gasteiger partial charge < -0.3 is 10.6 Å². The number of nitrogens with zero attached hydrogens (tertiary/aromatic N) is 1. The van der Waals surface area contributed by atoms with E-state index in [-0.39, 0.29) is 29.9 Å². The summed E-state index contributed by atoms with van der Waals surface area (Å²) in [5, 5.41) is 16.3. The van der Waals surface area contributed by atoms with Crippen LogP contribution in [0.1, 0.15) is 29.0 Å². The number of nitriles is 1. The topological polar surface area (TPSA) is 82.0 Å². The van der Waals surface area contributed by atoms with Crippen LogP contribution in [0.25, 0.3) is 0 Å². The Hall–Kier alpha value is -2.75. The number of carbonyl (C=O) groups excluding carboxylic acids is 2. The highest BCUT2D eigenvalue weighted by atomic mass is 35.5. The van der Waals surface area contributed by atoms with Crippen molar-refractivity contribution < 1.29 is 9.59 Å². The number of hydrogen-bond acceptors (Lipinski definition) is 4. The molecule has 0 bridgehead atoms. The van der Waals surface area contributed by atoms with Gasteiger partial charge in [0.25, 0.3) is 0 Å². The molecule has 0 aliphatic carbocycles. The predicted octanol–water partition coefficient (Wildman–Crippen LogP) is 4.04. The molecule has 0 spiro atoms. The van der Waals surface area contributed by atoms with Gasteiger partial charge in [-0.05, 0) is 30.2 Å². The number of nitrogens with one attached hydrogen (secondary N) is 2. The molecule has 1 atom stereocenters. The number of thioether (sulfide) groups is 1. The number of carbonyl (C=O) groups is 2. The standard InChI is InChI=1S/C22H20ClN3O2S/c1-14-2-4-15(5-3-14)12-25-21(28)13-29-22-19(11-24)18(10-20(27)26-22)16-6-8-17(23)9-7-16/h2-9,18H,10,12-13H2,1H3,(H,25,28)(H,26,27)/t18-/m0/s1. The average Bonchev–Trinajstić information content (AvgIpc) is 2.72. The van der Waals surface area contributed by atoms with Gasteiger partial charge >= 0.3 is 0 Å². The van der Waals surface area contributed by atoms with Crippen LogP contribution in [0.3, 0.4) is 0 Å².